The third-order valence-corrected chi connectivity index (χ3v) is 6.59. The number of amides is 1. The van der Waals surface area contributed by atoms with Crippen molar-refractivity contribution >= 4 is 17.7 Å². The Labute approximate surface area is 210 Å². The van der Waals surface area contributed by atoms with Gasteiger partial charge >= 0.3 is 6.09 Å². The second kappa shape index (κ2) is 9.49. The van der Waals surface area contributed by atoms with Crippen LogP contribution in [0.4, 0.5) is 4.79 Å². The predicted molar refractivity (Wildman–Crippen MR) is 132 cm³/mol. The summed E-state index contributed by atoms with van der Waals surface area (Å²) in [5.74, 6) is 2.71. The van der Waals surface area contributed by atoms with Crippen molar-refractivity contribution in [2.45, 2.75) is 77.2 Å². The first-order valence-electron chi connectivity index (χ1n) is 12.0. The lowest BCUT2D eigenvalue weighted by Crippen LogP contribution is -2.35. The number of ether oxygens (including phenoxy) is 2. The second-order valence-corrected chi connectivity index (χ2v) is 10.6. The van der Waals surface area contributed by atoms with Crippen LogP contribution < -0.4 is 4.74 Å². The molecule has 1 fully saturated rings. The molecule has 0 spiro atoms. The summed E-state index contributed by atoms with van der Waals surface area (Å²) in [6.45, 7) is 6.29. The van der Waals surface area contributed by atoms with Crippen LogP contribution in [-0.4, -0.2) is 42.4 Å². The van der Waals surface area contributed by atoms with E-state index in [1.54, 1.807) is 17.3 Å². The van der Waals surface area contributed by atoms with E-state index in [0.717, 1.165) is 54.3 Å². The molecular weight excluding hydrogens is 466 g/mol. The fourth-order valence-corrected chi connectivity index (χ4v) is 4.99. The van der Waals surface area contributed by atoms with E-state index in [1.165, 1.54) is 0 Å². The Kier molecular flexibility index (Phi) is 6.40. The number of aromatic nitrogens is 4. The van der Waals surface area contributed by atoms with Gasteiger partial charge in [-0.1, -0.05) is 11.6 Å². The van der Waals surface area contributed by atoms with Crippen LogP contribution in [0.25, 0.3) is 5.69 Å². The van der Waals surface area contributed by atoms with Gasteiger partial charge in [0.15, 0.2) is 5.82 Å². The lowest BCUT2D eigenvalue weighted by Gasteiger charge is -2.28. The third kappa shape index (κ3) is 5.27. The van der Waals surface area contributed by atoms with Gasteiger partial charge in [-0.15, -0.1) is 10.2 Å². The van der Waals surface area contributed by atoms with Gasteiger partial charge < -0.3 is 9.47 Å². The predicted octanol–water partition coefficient (Wildman–Crippen LogP) is 5.67. The molecule has 8 nitrogen and oxygen atoms in total. The summed E-state index contributed by atoms with van der Waals surface area (Å²) in [7, 11) is 0. The summed E-state index contributed by atoms with van der Waals surface area (Å²) in [6.07, 6.45) is 7.03. The maximum atomic E-state index is 13.0. The molecular formula is C26H30ClN5O3. The van der Waals surface area contributed by atoms with E-state index in [9.17, 15) is 4.79 Å². The van der Waals surface area contributed by atoms with E-state index < -0.39 is 5.60 Å². The molecule has 2 aromatic heterocycles. The Morgan fingerprint density at radius 3 is 2.60 bits per heavy atom. The highest BCUT2D eigenvalue weighted by atomic mass is 35.5. The molecule has 1 aliphatic heterocycles. The molecule has 0 bridgehead atoms. The lowest BCUT2D eigenvalue weighted by molar-refractivity contribution is 0.0214. The number of benzene rings is 1. The average Bonchev–Trinajstić information content (AvgIpc) is 3.15. The van der Waals surface area contributed by atoms with Crippen molar-refractivity contribution in [1.82, 2.24) is 24.6 Å². The van der Waals surface area contributed by atoms with Crippen LogP contribution in [-0.2, 0) is 17.8 Å². The minimum Gasteiger partial charge on any atom is -0.489 e. The van der Waals surface area contributed by atoms with E-state index in [0.29, 0.717) is 18.1 Å². The molecule has 1 aromatic carbocycles. The summed E-state index contributed by atoms with van der Waals surface area (Å²) >= 11 is 6.34. The zero-order valence-corrected chi connectivity index (χ0v) is 21.0. The summed E-state index contributed by atoms with van der Waals surface area (Å²) in [4.78, 5) is 18.8. The number of rotatable bonds is 3. The molecule has 1 saturated carbocycles. The van der Waals surface area contributed by atoms with Crippen molar-refractivity contribution < 1.29 is 14.3 Å². The lowest BCUT2D eigenvalue weighted by atomic mass is 9.86. The molecule has 3 heterocycles. The zero-order chi connectivity index (χ0) is 24.6. The van der Waals surface area contributed by atoms with E-state index >= 15 is 0 Å². The van der Waals surface area contributed by atoms with Gasteiger partial charge in [-0.25, -0.2) is 4.79 Å². The third-order valence-electron chi connectivity index (χ3n) is 6.36. The summed E-state index contributed by atoms with van der Waals surface area (Å²) in [6, 6.07) is 9.60. The SMILES string of the molecule is CC(C)(C)OC(=O)N1Cc2cc(Cl)ccc2-n2c(nnc2C2CCC(Oc3cccnc3)CC2)C1. The number of carbonyl (C=O) groups excluding carboxylic acids is 1. The molecule has 3 aromatic rings. The van der Waals surface area contributed by atoms with Crippen LogP contribution in [0.5, 0.6) is 5.75 Å². The number of carbonyl (C=O) groups is 1. The van der Waals surface area contributed by atoms with Gasteiger partial charge in [0.25, 0.3) is 0 Å². The Bertz CT molecular complexity index is 1200. The van der Waals surface area contributed by atoms with Gasteiger partial charge in [-0.2, -0.15) is 0 Å². The Morgan fingerprint density at radius 2 is 1.89 bits per heavy atom. The highest BCUT2D eigenvalue weighted by Gasteiger charge is 2.33. The molecule has 2 aliphatic rings. The van der Waals surface area contributed by atoms with E-state index in [-0.39, 0.29) is 18.1 Å². The summed E-state index contributed by atoms with van der Waals surface area (Å²) in [5.41, 5.74) is 1.32. The zero-order valence-electron chi connectivity index (χ0n) is 20.3. The molecule has 0 saturated heterocycles. The average molecular weight is 496 g/mol. The fourth-order valence-electron chi connectivity index (χ4n) is 4.79. The molecule has 0 unspecified atom stereocenters. The summed E-state index contributed by atoms with van der Waals surface area (Å²) in [5, 5.41) is 9.76. The molecule has 1 aliphatic carbocycles. The van der Waals surface area contributed by atoms with Crippen molar-refractivity contribution in [3.63, 3.8) is 0 Å². The number of pyridine rings is 1. The second-order valence-electron chi connectivity index (χ2n) is 10.2. The minimum atomic E-state index is -0.587. The summed E-state index contributed by atoms with van der Waals surface area (Å²) < 4.78 is 13.9. The normalized spacial score (nSPS) is 19.9. The van der Waals surface area contributed by atoms with Crippen molar-refractivity contribution in [1.29, 1.82) is 0 Å². The number of halogens is 1. The van der Waals surface area contributed by atoms with E-state index in [4.69, 9.17) is 21.1 Å². The van der Waals surface area contributed by atoms with Crippen LogP contribution in [0.3, 0.4) is 0 Å². The van der Waals surface area contributed by atoms with Crippen molar-refractivity contribution in [3.05, 3.63) is 65.0 Å². The van der Waals surface area contributed by atoms with Gasteiger partial charge in [0.05, 0.1) is 31.1 Å². The van der Waals surface area contributed by atoms with Crippen LogP contribution >= 0.6 is 11.6 Å². The minimum absolute atomic E-state index is 0.163. The highest BCUT2D eigenvalue weighted by Crippen LogP contribution is 2.37. The van der Waals surface area contributed by atoms with Gasteiger partial charge in [-0.05, 0) is 82.3 Å². The number of nitrogens with zero attached hydrogens (tertiary/aromatic N) is 5. The fraction of sp³-hybridized carbons (Fsp3) is 0.462. The highest BCUT2D eigenvalue weighted by molar-refractivity contribution is 6.30. The standard InChI is InChI=1S/C26H30ClN5O3/c1-26(2,3)35-25(33)31-15-18-13-19(27)8-11-22(18)32-23(16-31)29-30-24(32)17-6-9-20(10-7-17)34-21-5-4-12-28-14-21/h4-5,8,11-14,17,20H,6-7,9-10,15-16H2,1-3H3. The number of fused-ring (bicyclic) bond motifs is 3. The van der Waals surface area contributed by atoms with Crippen LogP contribution in [0, 0.1) is 0 Å². The molecule has 0 N–H and O–H groups in total. The molecule has 9 heteroatoms. The van der Waals surface area contributed by atoms with Gasteiger partial charge in [-0.3, -0.25) is 14.5 Å². The largest absolute Gasteiger partial charge is 0.489 e. The van der Waals surface area contributed by atoms with Gasteiger partial charge in [0.2, 0.25) is 0 Å². The maximum Gasteiger partial charge on any atom is 0.411 e. The Hall–Kier alpha value is -3.13. The first-order valence-corrected chi connectivity index (χ1v) is 12.4. The van der Waals surface area contributed by atoms with E-state index in [1.807, 2.05) is 51.1 Å². The Morgan fingerprint density at radius 1 is 1.09 bits per heavy atom. The van der Waals surface area contributed by atoms with E-state index in [2.05, 4.69) is 19.7 Å². The first-order chi connectivity index (χ1) is 16.8. The molecule has 0 radical (unpaired) electrons. The molecule has 35 heavy (non-hydrogen) atoms. The quantitative estimate of drug-likeness (QED) is 0.465. The molecule has 5 rings (SSSR count). The van der Waals surface area contributed by atoms with Gasteiger partial charge in [0, 0.05) is 17.1 Å². The van der Waals surface area contributed by atoms with Crippen molar-refractivity contribution in [2.75, 3.05) is 0 Å². The number of hydrogen-bond donors (Lipinski definition) is 0. The smallest absolute Gasteiger partial charge is 0.411 e. The van der Waals surface area contributed by atoms with Crippen molar-refractivity contribution in [3.8, 4) is 11.4 Å². The van der Waals surface area contributed by atoms with Crippen LogP contribution in [0.2, 0.25) is 5.02 Å². The monoisotopic (exact) mass is 495 g/mol. The molecule has 1 amide bonds. The van der Waals surface area contributed by atoms with Crippen molar-refractivity contribution in [2.24, 2.45) is 0 Å². The molecule has 0 atom stereocenters. The topological polar surface area (TPSA) is 82.4 Å². The Balaban J connectivity index is 1.40. The number of hydrogen-bond acceptors (Lipinski definition) is 6. The van der Waals surface area contributed by atoms with Crippen LogP contribution in [0.15, 0.2) is 42.7 Å². The first kappa shape index (κ1) is 23.6. The van der Waals surface area contributed by atoms with Crippen LogP contribution in [0.1, 0.15) is 69.6 Å². The van der Waals surface area contributed by atoms with Gasteiger partial charge in [0.1, 0.15) is 17.2 Å². The molecule has 184 valence electrons. The maximum absolute atomic E-state index is 13.0.